The molecule has 84 valence electrons. The van der Waals surface area contributed by atoms with Crippen molar-refractivity contribution in [2.45, 2.75) is 24.7 Å². The predicted octanol–water partition coefficient (Wildman–Crippen LogP) is 3.03. The van der Waals surface area contributed by atoms with Gasteiger partial charge >= 0.3 is 0 Å². The summed E-state index contributed by atoms with van der Waals surface area (Å²) in [7, 11) is 0. The number of fused-ring (bicyclic) bond motifs is 1. The molecule has 0 aliphatic carbocycles. The van der Waals surface area contributed by atoms with Gasteiger partial charge in [0.25, 0.3) is 0 Å². The fourth-order valence-electron chi connectivity index (χ4n) is 1.95. The molecule has 3 heteroatoms. The standard InChI is InChI=1S/C13H14O2S/c1-2-5-11-9-8-10-6-3-4-7-12(10)13(11)16(14)15/h3-4,6-9H,2,5H2,1H3,(H,14,15)/p-1. The second-order valence-electron chi connectivity index (χ2n) is 3.76. The smallest absolute Gasteiger partial charge is 0.0359 e. The van der Waals surface area contributed by atoms with Crippen LogP contribution in [0.2, 0.25) is 0 Å². The Bertz CT molecular complexity index is 534. The average Bonchev–Trinajstić information content (AvgIpc) is 2.28. The zero-order valence-electron chi connectivity index (χ0n) is 9.10. The first-order valence-electron chi connectivity index (χ1n) is 5.34. The topological polar surface area (TPSA) is 40.1 Å². The molecule has 1 atom stereocenters. The van der Waals surface area contributed by atoms with Gasteiger partial charge in [0.05, 0.1) is 0 Å². The summed E-state index contributed by atoms with van der Waals surface area (Å²) in [5.41, 5.74) is 0.912. The molecule has 0 aromatic heterocycles. The van der Waals surface area contributed by atoms with Crippen LogP contribution in [-0.4, -0.2) is 8.76 Å². The summed E-state index contributed by atoms with van der Waals surface area (Å²) in [6, 6.07) is 11.5. The number of aryl methyl sites for hydroxylation is 1. The summed E-state index contributed by atoms with van der Waals surface area (Å²) in [6.45, 7) is 2.05. The van der Waals surface area contributed by atoms with E-state index in [4.69, 9.17) is 0 Å². The summed E-state index contributed by atoms with van der Waals surface area (Å²) in [6.07, 6.45) is 1.75. The number of hydrogen-bond acceptors (Lipinski definition) is 2. The van der Waals surface area contributed by atoms with Crippen molar-refractivity contribution in [3.63, 3.8) is 0 Å². The third kappa shape index (κ3) is 2.01. The molecule has 0 heterocycles. The van der Waals surface area contributed by atoms with Crippen molar-refractivity contribution in [1.82, 2.24) is 0 Å². The molecule has 0 saturated heterocycles. The van der Waals surface area contributed by atoms with Crippen LogP contribution in [0.5, 0.6) is 0 Å². The molecule has 16 heavy (non-hydrogen) atoms. The summed E-state index contributed by atoms with van der Waals surface area (Å²) in [4.78, 5) is 0.458. The molecule has 0 bridgehead atoms. The molecule has 0 spiro atoms. The molecule has 0 aliphatic rings. The molecule has 2 rings (SSSR count). The van der Waals surface area contributed by atoms with Crippen LogP contribution in [0.3, 0.4) is 0 Å². The fraction of sp³-hybridized carbons (Fsp3) is 0.231. The monoisotopic (exact) mass is 233 g/mol. The van der Waals surface area contributed by atoms with Crippen LogP contribution < -0.4 is 0 Å². The number of hydrogen-bond donors (Lipinski definition) is 0. The largest absolute Gasteiger partial charge is 0.768 e. The van der Waals surface area contributed by atoms with Gasteiger partial charge in [0, 0.05) is 4.90 Å². The summed E-state index contributed by atoms with van der Waals surface area (Å²) in [5, 5.41) is 1.79. The van der Waals surface area contributed by atoms with E-state index in [-0.39, 0.29) is 0 Å². The highest BCUT2D eigenvalue weighted by Crippen LogP contribution is 2.25. The van der Waals surface area contributed by atoms with Crippen LogP contribution in [0.1, 0.15) is 18.9 Å². The molecule has 0 saturated carbocycles. The van der Waals surface area contributed by atoms with Gasteiger partial charge in [-0.1, -0.05) is 49.7 Å². The molecule has 0 N–H and O–H groups in total. The van der Waals surface area contributed by atoms with E-state index < -0.39 is 11.1 Å². The van der Waals surface area contributed by atoms with Gasteiger partial charge in [0.2, 0.25) is 0 Å². The maximum atomic E-state index is 11.3. The Labute approximate surface area is 97.6 Å². The lowest BCUT2D eigenvalue weighted by atomic mass is 10.0. The van der Waals surface area contributed by atoms with Gasteiger partial charge in [-0.3, -0.25) is 4.21 Å². The fourth-order valence-corrected chi connectivity index (χ4v) is 2.70. The van der Waals surface area contributed by atoms with Gasteiger partial charge < -0.3 is 4.55 Å². The Morgan fingerprint density at radius 2 is 1.94 bits per heavy atom. The van der Waals surface area contributed by atoms with Crippen LogP contribution >= 0.6 is 0 Å². The van der Waals surface area contributed by atoms with Gasteiger partial charge in [0.15, 0.2) is 0 Å². The van der Waals surface area contributed by atoms with E-state index in [0.29, 0.717) is 4.90 Å². The van der Waals surface area contributed by atoms with Crippen molar-refractivity contribution in [1.29, 1.82) is 0 Å². The first-order chi connectivity index (χ1) is 7.74. The van der Waals surface area contributed by atoms with Gasteiger partial charge in [-0.05, 0) is 33.8 Å². The van der Waals surface area contributed by atoms with Crippen LogP contribution in [-0.2, 0) is 17.5 Å². The summed E-state index contributed by atoms with van der Waals surface area (Å²) < 4.78 is 22.6. The van der Waals surface area contributed by atoms with E-state index in [1.54, 1.807) is 0 Å². The molecule has 0 aliphatic heterocycles. The normalized spacial score (nSPS) is 12.9. The van der Waals surface area contributed by atoms with Crippen molar-refractivity contribution in [2.24, 2.45) is 0 Å². The van der Waals surface area contributed by atoms with E-state index in [2.05, 4.69) is 0 Å². The molecule has 0 fully saturated rings. The third-order valence-electron chi connectivity index (χ3n) is 2.65. The SMILES string of the molecule is CCCc1ccc2ccccc2c1S(=O)[O-]. The van der Waals surface area contributed by atoms with Crippen molar-refractivity contribution in [3.05, 3.63) is 42.0 Å². The third-order valence-corrected chi connectivity index (χ3v) is 3.46. The Balaban J connectivity index is 2.73. The molecule has 1 unspecified atom stereocenters. The molecule has 2 aromatic carbocycles. The summed E-state index contributed by atoms with van der Waals surface area (Å²) in [5.74, 6) is 0. The van der Waals surface area contributed by atoms with Crippen LogP contribution in [0.15, 0.2) is 41.3 Å². The van der Waals surface area contributed by atoms with Gasteiger partial charge in [-0.15, -0.1) is 0 Å². The molecular weight excluding hydrogens is 220 g/mol. The average molecular weight is 233 g/mol. The first-order valence-corrected chi connectivity index (χ1v) is 6.41. The second-order valence-corrected chi connectivity index (χ2v) is 4.64. The van der Waals surface area contributed by atoms with E-state index in [9.17, 15) is 8.76 Å². The minimum absolute atomic E-state index is 0.458. The van der Waals surface area contributed by atoms with Crippen molar-refractivity contribution < 1.29 is 8.76 Å². The van der Waals surface area contributed by atoms with Crippen molar-refractivity contribution in [3.8, 4) is 0 Å². The predicted molar refractivity (Wildman–Crippen MR) is 65.1 cm³/mol. The molecule has 0 radical (unpaired) electrons. The Hall–Kier alpha value is -1.19. The number of benzene rings is 2. The van der Waals surface area contributed by atoms with Gasteiger partial charge in [0.1, 0.15) is 0 Å². The molecule has 2 nitrogen and oxygen atoms in total. The minimum atomic E-state index is -2.17. The highest BCUT2D eigenvalue weighted by Gasteiger charge is 2.07. The van der Waals surface area contributed by atoms with E-state index in [0.717, 1.165) is 29.2 Å². The molecule has 2 aromatic rings. The Morgan fingerprint density at radius 1 is 1.19 bits per heavy atom. The first kappa shape index (κ1) is 11.3. The maximum absolute atomic E-state index is 11.3. The van der Waals surface area contributed by atoms with Crippen LogP contribution in [0.25, 0.3) is 10.8 Å². The Morgan fingerprint density at radius 3 is 2.62 bits per heavy atom. The quantitative estimate of drug-likeness (QED) is 0.764. The summed E-state index contributed by atoms with van der Waals surface area (Å²) >= 11 is -2.17. The zero-order chi connectivity index (χ0) is 11.5. The van der Waals surface area contributed by atoms with Crippen molar-refractivity contribution >= 4 is 21.9 Å². The lowest BCUT2D eigenvalue weighted by Gasteiger charge is -2.14. The highest BCUT2D eigenvalue weighted by molar-refractivity contribution is 7.79. The maximum Gasteiger partial charge on any atom is 0.0359 e. The van der Waals surface area contributed by atoms with E-state index in [1.807, 2.05) is 43.3 Å². The molecule has 0 amide bonds. The second kappa shape index (κ2) is 4.76. The van der Waals surface area contributed by atoms with Crippen LogP contribution in [0, 0.1) is 0 Å². The van der Waals surface area contributed by atoms with E-state index in [1.165, 1.54) is 0 Å². The lowest BCUT2D eigenvalue weighted by Crippen LogP contribution is -1.98. The highest BCUT2D eigenvalue weighted by atomic mass is 32.2. The van der Waals surface area contributed by atoms with Crippen molar-refractivity contribution in [2.75, 3.05) is 0 Å². The lowest BCUT2D eigenvalue weighted by molar-refractivity contribution is 0.537. The Kier molecular flexibility index (Phi) is 3.36. The zero-order valence-corrected chi connectivity index (χ0v) is 9.92. The van der Waals surface area contributed by atoms with Crippen LogP contribution in [0.4, 0.5) is 0 Å². The minimum Gasteiger partial charge on any atom is -0.768 e. The molecular formula is C13H13O2S-. The van der Waals surface area contributed by atoms with E-state index >= 15 is 0 Å². The van der Waals surface area contributed by atoms with Gasteiger partial charge in [-0.2, -0.15) is 0 Å². The number of rotatable bonds is 3. The van der Waals surface area contributed by atoms with Gasteiger partial charge in [-0.25, -0.2) is 0 Å².